The summed E-state index contributed by atoms with van der Waals surface area (Å²) < 4.78 is 7.62. The summed E-state index contributed by atoms with van der Waals surface area (Å²) in [5.41, 5.74) is 0.398. The third-order valence-electron chi connectivity index (χ3n) is 3.42. The molecule has 0 unspecified atom stereocenters. The van der Waals surface area contributed by atoms with Crippen LogP contribution in [0.4, 0.5) is 0 Å². The van der Waals surface area contributed by atoms with Crippen LogP contribution < -0.4 is 8.79 Å². The number of rotatable bonds is 4. The van der Waals surface area contributed by atoms with Crippen molar-refractivity contribution in [2.75, 3.05) is 0 Å². The van der Waals surface area contributed by atoms with Crippen molar-refractivity contribution in [2.24, 2.45) is 0 Å². The molecule has 0 amide bonds. The number of hydrogen-bond donors (Lipinski definition) is 0. The van der Waals surface area contributed by atoms with Gasteiger partial charge in [0.25, 0.3) is 0 Å². The first-order valence-electron chi connectivity index (χ1n) is 7.13. The summed E-state index contributed by atoms with van der Waals surface area (Å²) in [6, 6.07) is 22.5. The van der Waals surface area contributed by atoms with Gasteiger partial charge < -0.3 is 0 Å². The van der Waals surface area contributed by atoms with Gasteiger partial charge in [-0.2, -0.15) is 0 Å². The number of halogens is 1. The minimum atomic E-state index is -3.77. The van der Waals surface area contributed by atoms with Crippen molar-refractivity contribution >= 4 is 37.4 Å². The molecule has 0 N–H and O–H groups in total. The zero-order valence-corrected chi connectivity index (χ0v) is 15.1. The second kappa shape index (κ2) is 6.98. The Balaban J connectivity index is 2.01. The van der Waals surface area contributed by atoms with Gasteiger partial charge in [0, 0.05) is 0 Å². The Labute approximate surface area is 141 Å². The summed E-state index contributed by atoms with van der Waals surface area (Å²) in [7, 11) is 6.96. The SMILES string of the molecule is O=C([O][Ge]([Cl])([c]1ccccc1)[c]1ccccc1)c1cccnc1. The standard InChI is InChI=1S/C18H14ClGeNO2/c19-20(16-9-3-1-4-10-16,17-11-5-2-6-12-17)23-18(22)15-8-7-13-21-14-15/h1-14H. The molecule has 0 radical (unpaired) electrons. The van der Waals surface area contributed by atoms with Crippen molar-refractivity contribution in [1.82, 2.24) is 4.98 Å². The fourth-order valence-electron chi connectivity index (χ4n) is 2.26. The maximum absolute atomic E-state index is 12.5. The minimum absolute atomic E-state index is 0.398. The Morgan fingerprint density at radius 1 is 0.870 bits per heavy atom. The van der Waals surface area contributed by atoms with Crippen LogP contribution in [0, 0.1) is 0 Å². The fourth-order valence-corrected chi connectivity index (χ4v) is 8.52. The Morgan fingerprint density at radius 2 is 1.43 bits per heavy atom. The number of aromatic nitrogens is 1. The van der Waals surface area contributed by atoms with Crippen LogP contribution in [0.25, 0.3) is 0 Å². The summed E-state index contributed by atoms with van der Waals surface area (Å²) in [4.78, 5) is 16.5. The van der Waals surface area contributed by atoms with Crippen LogP contribution in [0.15, 0.2) is 85.2 Å². The first kappa shape index (κ1) is 15.8. The maximum atomic E-state index is 12.5. The first-order valence-corrected chi connectivity index (χ1v) is 12.8. The van der Waals surface area contributed by atoms with Crippen LogP contribution in [-0.4, -0.2) is 23.6 Å². The van der Waals surface area contributed by atoms with E-state index in [1.54, 1.807) is 18.3 Å². The van der Waals surface area contributed by atoms with Crippen molar-refractivity contribution in [1.29, 1.82) is 0 Å². The Hall–Kier alpha value is -2.11. The summed E-state index contributed by atoms with van der Waals surface area (Å²) in [6.07, 6.45) is 3.10. The van der Waals surface area contributed by atoms with Gasteiger partial charge in [0.2, 0.25) is 0 Å². The molecule has 1 aromatic heterocycles. The fraction of sp³-hybridized carbons (Fsp3) is 0. The molecule has 0 atom stereocenters. The van der Waals surface area contributed by atoms with Crippen molar-refractivity contribution in [2.45, 2.75) is 0 Å². The van der Waals surface area contributed by atoms with Gasteiger partial charge in [0.05, 0.1) is 0 Å². The molecule has 3 nitrogen and oxygen atoms in total. The summed E-state index contributed by atoms with van der Waals surface area (Å²) in [6.45, 7) is 0. The number of nitrogens with zero attached hydrogens (tertiary/aromatic N) is 1. The van der Waals surface area contributed by atoms with Gasteiger partial charge in [-0.05, 0) is 0 Å². The second-order valence-corrected chi connectivity index (χ2v) is 13.1. The van der Waals surface area contributed by atoms with Crippen molar-refractivity contribution in [3.63, 3.8) is 0 Å². The van der Waals surface area contributed by atoms with Crippen molar-refractivity contribution in [3.05, 3.63) is 90.8 Å². The second-order valence-electron chi connectivity index (χ2n) is 4.96. The topological polar surface area (TPSA) is 39.2 Å². The predicted octanol–water partition coefficient (Wildman–Crippen LogP) is 2.73. The molecule has 5 heteroatoms. The number of hydrogen-bond acceptors (Lipinski definition) is 3. The van der Waals surface area contributed by atoms with Crippen molar-refractivity contribution < 1.29 is 8.56 Å². The summed E-state index contributed by atoms with van der Waals surface area (Å²) in [5, 5.41) is 0. The van der Waals surface area contributed by atoms with E-state index in [9.17, 15) is 4.79 Å². The molecule has 2 aromatic carbocycles. The zero-order valence-electron chi connectivity index (χ0n) is 12.2. The van der Waals surface area contributed by atoms with Gasteiger partial charge in [0.15, 0.2) is 0 Å². The number of carbonyl (C=O) groups excluding carboxylic acids is 1. The predicted molar refractivity (Wildman–Crippen MR) is 93.4 cm³/mol. The molecule has 3 aromatic rings. The van der Waals surface area contributed by atoms with E-state index in [-0.39, 0.29) is 0 Å². The van der Waals surface area contributed by atoms with E-state index < -0.39 is 18.6 Å². The monoisotopic (exact) mass is 385 g/mol. The van der Waals surface area contributed by atoms with Crippen molar-refractivity contribution in [3.8, 4) is 0 Å². The van der Waals surface area contributed by atoms with Crippen LogP contribution in [0.3, 0.4) is 0 Å². The molecular weight excluding hydrogens is 370 g/mol. The van der Waals surface area contributed by atoms with E-state index in [0.29, 0.717) is 5.56 Å². The molecule has 0 saturated carbocycles. The number of pyridine rings is 1. The quantitative estimate of drug-likeness (QED) is 0.650. The average molecular weight is 384 g/mol. The molecule has 0 aliphatic heterocycles. The third-order valence-corrected chi connectivity index (χ3v) is 11.6. The molecule has 0 aliphatic carbocycles. The van der Waals surface area contributed by atoms with Crippen LogP contribution in [0.2, 0.25) is 0 Å². The van der Waals surface area contributed by atoms with E-state index in [1.165, 1.54) is 6.20 Å². The van der Waals surface area contributed by atoms with E-state index in [2.05, 4.69) is 4.98 Å². The van der Waals surface area contributed by atoms with Crippen LogP contribution in [0.1, 0.15) is 10.4 Å². The molecule has 0 bridgehead atoms. The van der Waals surface area contributed by atoms with Gasteiger partial charge in [-0.3, -0.25) is 0 Å². The molecule has 114 valence electrons. The molecule has 0 aliphatic rings. The van der Waals surface area contributed by atoms with E-state index in [4.69, 9.17) is 13.8 Å². The number of carbonyl (C=O) groups is 1. The van der Waals surface area contributed by atoms with E-state index in [1.807, 2.05) is 60.7 Å². The third kappa shape index (κ3) is 3.46. The number of benzene rings is 2. The molecule has 3 rings (SSSR count). The first-order chi connectivity index (χ1) is 11.2. The van der Waals surface area contributed by atoms with Gasteiger partial charge in [0.1, 0.15) is 0 Å². The van der Waals surface area contributed by atoms with Gasteiger partial charge in [-0.25, -0.2) is 0 Å². The van der Waals surface area contributed by atoms with Gasteiger partial charge in [-0.15, -0.1) is 0 Å². The van der Waals surface area contributed by atoms with E-state index in [0.717, 1.165) is 8.79 Å². The van der Waals surface area contributed by atoms with Gasteiger partial charge in [-0.1, -0.05) is 0 Å². The normalized spacial score (nSPS) is 11.0. The Morgan fingerprint density at radius 3 is 1.91 bits per heavy atom. The van der Waals surface area contributed by atoms with Gasteiger partial charge >= 0.3 is 142 Å². The summed E-state index contributed by atoms with van der Waals surface area (Å²) in [5.74, 6) is -0.444. The summed E-state index contributed by atoms with van der Waals surface area (Å²) >= 11 is -3.77. The molecule has 0 spiro atoms. The molecule has 0 saturated heterocycles. The van der Waals surface area contributed by atoms with Crippen LogP contribution in [0.5, 0.6) is 0 Å². The van der Waals surface area contributed by atoms with Crippen LogP contribution >= 0.6 is 10.0 Å². The Kier molecular flexibility index (Phi) is 4.79. The zero-order chi connectivity index (χ0) is 16.1. The molecule has 1 heterocycles. The average Bonchev–Trinajstić information content (AvgIpc) is 2.64. The molecule has 0 fully saturated rings. The Bertz CT molecular complexity index is 742. The molecular formula is C18H14ClGeNO2. The molecule has 23 heavy (non-hydrogen) atoms. The van der Waals surface area contributed by atoms with Crippen LogP contribution in [-0.2, 0) is 3.76 Å². The van der Waals surface area contributed by atoms with E-state index >= 15 is 0 Å².